The average molecular weight is 432 g/mol. The van der Waals surface area contributed by atoms with Crippen molar-refractivity contribution in [1.82, 2.24) is 0 Å². The molecule has 2 rings (SSSR count). The van der Waals surface area contributed by atoms with E-state index in [0.29, 0.717) is 11.3 Å². The van der Waals surface area contributed by atoms with E-state index >= 15 is 0 Å². The summed E-state index contributed by atoms with van der Waals surface area (Å²) < 4.78 is 15.7. The predicted octanol–water partition coefficient (Wildman–Crippen LogP) is 5.29. The van der Waals surface area contributed by atoms with Crippen molar-refractivity contribution < 1.29 is 4.39 Å². The van der Waals surface area contributed by atoms with E-state index in [-0.39, 0.29) is 9.46 Å². The molecule has 6 heteroatoms. The Hall–Kier alpha value is -0.980. The Morgan fingerprint density at radius 1 is 1.24 bits per heavy atom. The zero-order valence-electron chi connectivity index (χ0n) is 11.2. The number of hydrogen-bond donors (Lipinski definition) is 2. The number of nitrogens with two attached hydrogens (primary N) is 1. The number of rotatable bonds is 4. The fraction of sp³-hybridized carbons (Fsp3) is 0.133. The SMILES string of the molecule is CCc1cc(Br)ccc1Nc1ccc(C(N)=S)c(Br)c1F. The predicted molar refractivity (Wildman–Crippen MR) is 96.8 cm³/mol. The van der Waals surface area contributed by atoms with Gasteiger partial charge in [-0.2, -0.15) is 0 Å². The van der Waals surface area contributed by atoms with E-state index in [0.717, 1.165) is 22.1 Å². The Labute approximate surface area is 145 Å². The molecule has 0 aliphatic carbocycles. The number of hydrogen-bond acceptors (Lipinski definition) is 2. The van der Waals surface area contributed by atoms with Crippen LogP contribution >= 0.6 is 44.1 Å². The van der Waals surface area contributed by atoms with E-state index in [1.54, 1.807) is 12.1 Å². The summed E-state index contributed by atoms with van der Waals surface area (Å²) in [6, 6.07) is 9.17. The van der Waals surface area contributed by atoms with Gasteiger partial charge in [0.2, 0.25) is 0 Å². The Bertz CT molecular complexity index is 704. The van der Waals surface area contributed by atoms with Crippen molar-refractivity contribution in [2.45, 2.75) is 13.3 Å². The van der Waals surface area contributed by atoms with E-state index in [1.165, 1.54) is 0 Å². The first-order valence-corrected chi connectivity index (χ1v) is 8.26. The minimum Gasteiger partial charge on any atom is -0.389 e. The quantitative estimate of drug-likeness (QED) is 0.645. The van der Waals surface area contributed by atoms with E-state index in [2.05, 4.69) is 44.1 Å². The Balaban J connectivity index is 2.41. The number of anilines is 2. The number of nitrogens with one attached hydrogen (secondary N) is 1. The molecule has 0 unspecified atom stereocenters. The largest absolute Gasteiger partial charge is 0.389 e. The van der Waals surface area contributed by atoms with Crippen LogP contribution in [0.1, 0.15) is 18.1 Å². The number of benzene rings is 2. The molecular weight excluding hydrogens is 419 g/mol. The van der Waals surface area contributed by atoms with Crippen LogP contribution in [0, 0.1) is 5.82 Å². The van der Waals surface area contributed by atoms with Gasteiger partial charge in [0.1, 0.15) is 4.99 Å². The van der Waals surface area contributed by atoms with Crippen LogP contribution in [-0.2, 0) is 6.42 Å². The maximum Gasteiger partial charge on any atom is 0.161 e. The van der Waals surface area contributed by atoms with Crippen molar-refractivity contribution >= 4 is 60.4 Å². The van der Waals surface area contributed by atoms with E-state index in [4.69, 9.17) is 18.0 Å². The van der Waals surface area contributed by atoms with Gasteiger partial charge in [-0.1, -0.05) is 35.1 Å². The van der Waals surface area contributed by atoms with E-state index in [1.807, 2.05) is 18.2 Å². The van der Waals surface area contributed by atoms with Crippen LogP contribution in [0.3, 0.4) is 0 Å². The van der Waals surface area contributed by atoms with Crippen LogP contribution in [0.2, 0.25) is 0 Å². The third-order valence-corrected chi connectivity index (χ3v) is 4.55. The van der Waals surface area contributed by atoms with Gasteiger partial charge < -0.3 is 11.1 Å². The lowest BCUT2D eigenvalue weighted by Gasteiger charge is -2.14. The van der Waals surface area contributed by atoms with Gasteiger partial charge in [-0.3, -0.25) is 0 Å². The molecule has 0 aliphatic rings. The van der Waals surface area contributed by atoms with Gasteiger partial charge in [0.15, 0.2) is 5.82 Å². The zero-order chi connectivity index (χ0) is 15.6. The van der Waals surface area contributed by atoms with Gasteiger partial charge >= 0.3 is 0 Å². The van der Waals surface area contributed by atoms with Crippen LogP contribution in [0.15, 0.2) is 39.3 Å². The summed E-state index contributed by atoms with van der Waals surface area (Å²) >= 11 is 11.5. The summed E-state index contributed by atoms with van der Waals surface area (Å²) in [6.45, 7) is 2.05. The second-order valence-corrected chi connectivity index (χ2v) is 6.58. The van der Waals surface area contributed by atoms with Crippen molar-refractivity contribution in [3.05, 3.63) is 56.2 Å². The third-order valence-electron chi connectivity index (χ3n) is 3.07. The number of halogens is 3. The fourth-order valence-electron chi connectivity index (χ4n) is 1.96. The molecule has 21 heavy (non-hydrogen) atoms. The molecule has 0 fully saturated rings. The van der Waals surface area contributed by atoms with Gasteiger partial charge in [0.25, 0.3) is 0 Å². The maximum atomic E-state index is 14.4. The second kappa shape index (κ2) is 6.85. The Kier molecular flexibility index (Phi) is 5.35. The lowest BCUT2D eigenvalue weighted by atomic mass is 10.1. The standard InChI is InChI=1S/C15H13Br2FN2S/c1-2-8-7-9(16)3-5-11(8)20-12-6-4-10(15(19)21)13(17)14(12)18/h3-7,20H,2H2,1H3,(H2,19,21). The van der Waals surface area contributed by atoms with Crippen LogP contribution in [-0.4, -0.2) is 4.99 Å². The smallest absolute Gasteiger partial charge is 0.161 e. The zero-order valence-corrected chi connectivity index (χ0v) is 15.2. The van der Waals surface area contributed by atoms with Crippen molar-refractivity contribution in [3.8, 4) is 0 Å². The summed E-state index contributed by atoms with van der Waals surface area (Å²) in [7, 11) is 0. The summed E-state index contributed by atoms with van der Waals surface area (Å²) in [6.07, 6.45) is 0.843. The van der Waals surface area contributed by atoms with Gasteiger partial charge in [-0.25, -0.2) is 4.39 Å². The molecular formula is C15H13Br2FN2S. The molecule has 0 spiro atoms. The molecule has 2 aromatic carbocycles. The highest BCUT2D eigenvalue weighted by Crippen LogP contribution is 2.31. The van der Waals surface area contributed by atoms with E-state index < -0.39 is 5.82 Å². The minimum absolute atomic E-state index is 0.158. The lowest BCUT2D eigenvalue weighted by molar-refractivity contribution is 0.625. The molecule has 0 saturated heterocycles. The first-order chi connectivity index (χ1) is 9.93. The van der Waals surface area contributed by atoms with Crippen LogP contribution in [0.25, 0.3) is 0 Å². The summed E-state index contributed by atoms with van der Waals surface area (Å²) in [5.41, 5.74) is 8.38. The van der Waals surface area contributed by atoms with Crippen LogP contribution in [0.4, 0.5) is 15.8 Å². The topological polar surface area (TPSA) is 38.0 Å². The second-order valence-electron chi connectivity index (χ2n) is 4.43. The van der Waals surface area contributed by atoms with Crippen LogP contribution in [0.5, 0.6) is 0 Å². The third kappa shape index (κ3) is 3.62. The highest BCUT2D eigenvalue weighted by Gasteiger charge is 2.14. The molecule has 2 nitrogen and oxygen atoms in total. The Morgan fingerprint density at radius 3 is 2.52 bits per heavy atom. The van der Waals surface area contributed by atoms with Gasteiger partial charge in [-0.05, 0) is 58.2 Å². The normalized spacial score (nSPS) is 10.5. The minimum atomic E-state index is -0.412. The van der Waals surface area contributed by atoms with Gasteiger partial charge in [-0.15, -0.1) is 0 Å². The monoisotopic (exact) mass is 430 g/mol. The summed E-state index contributed by atoms with van der Waals surface area (Å²) in [5.74, 6) is -0.412. The molecule has 0 amide bonds. The summed E-state index contributed by atoms with van der Waals surface area (Å²) in [4.78, 5) is 0.158. The average Bonchev–Trinajstić information content (AvgIpc) is 2.45. The van der Waals surface area contributed by atoms with Gasteiger partial charge in [0, 0.05) is 15.7 Å². The Morgan fingerprint density at radius 2 is 1.90 bits per heavy atom. The van der Waals surface area contributed by atoms with Crippen molar-refractivity contribution in [1.29, 1.82) is 0 Å². The molecule has 0 atom stereocenters. The van der Waals surface area contributed by atoms with Crippen molar-refractivity contribution in [2.24, 2.45) is 5.73 Å². The summed E-state index contributed by atoms with van der Waals surface area (Å²) in [5, 5.41) is 3.12. The molecule has 0 saturated carbocycles. The molecule has 0 bridgehead atoms. The maximum absolute atomic E-state index is 14.4. The molecule has 3 N–H and O–H groups in total. The fourth-order valence-corrected chi connectivity index (χ4v) is 3.23. The number of thiocarbonyl (C=S) groups is 1. The molecule has 0 aliphatic heterocycles. The van der Waals surface area contributed by atoms with Gasteiger partial charge in [0.05, 0.1) is 10.2 Å². The molecule has 0 radical (unpaired) electrons. The lowest BCUT2D eigenvalue weighted by Crippen LogP contribution is -2.11. The first kappa shape index (κ1) is 16.4. The van der Waals surface area contributed by atoms with Crippen LogP contribution < -0.4 is 11.1 Å². The van der Waals surface area contributed by atoms with E-state index in [9.17, 15) is 4.39 Å². The van der Waals surface area contributed by atoms with Crippen molar-refractivity contribution in [2.75, 3.05) is 5.32 Å². The highest BCUT2D eigenvalue weighted by molar-refractivity contribution is 9.10. The molecule has 110 valence electrons. The molecule has 0 heterocycles. The van der Waals surface area contributed by atoms with Crippen molar-refractivity contribution in [3.63, 3.8) is 0 Å². The first-order valence-electron chi connectivity index (χ1n) is 6.27. The number of aryl methyl sites for hydroxylation is 1. The molecule has 2 aromatic rings. The highest BCUT2D eigenvalue weighted by atomic mass is 79.9. The molecule has 0 aromatic heterocycles.